The minimum Gasteiger partial charge on any atom is -0.300 e. The number of benzene rings is 2. The quantitative estimate of drug-likeness (QED) is 0.905. The Hall–Kier alpha value is -1.97. The van der Waals surface area contributed by atoms with E-state index in [1.165, 1.54) is 11.1 Å². The maximum absolute atomic E-state index is 12.9. The summed E-state index contributed by atoms with van der Waals surface area (Å²) in [5, 5.41) is 7.10. The first-order chi connectivity index (χ1) is 11.8. The lowest BCUT2D eigenvalue weighted by atomic mass is 10.0. The molecule has 4 rings (SSSR count). The van der Waals surface area contributed by atoms with E-state index in [2.05, 4.69) is 59.2 Å². The Bertz CT molecular complexity index is 626. The van der Waals surface area contributed by atoms with Gasteiger partial charge in [-0.1, -0.05) is 60.7 Å². The first-order valence-electron chi connectivity index (χ1n) is 8.97. The van der Waals surface area contributed by atoms with Crippen molar-refractivity contribution in [1.29, 1.82) is 0 Å². The number of carbonyl (C=O) groups excluding carboxylic acids is 1. The average molecular weight is 320 g/mol. The summed E-state index contributed by atoms with van der Waals surface area (Å²) in [5.74, 6) is 0.340. The topological polar surface area (TPSA) is 41.1 Å². The molecule has 2 N–H and O–H groups in total. The van der Waals surface area contributed by atoms with Gasteiger partial charge in [-0.05, 0) is 36.8 Å². The van der Waals surface area contributed by atoms with Crippen molar-refractivity contribution in [2.75, 3.05) is 0 Å². The van der Waals surface area contributed by atoms with Gasteiger partial charge in [0.2, 0.25) is 0 Å². The molecule has 0 aromatic heterocycles. The molecule has 24 heavy (non-hydrogen) atoms. The second-order valence-electron chi connectivity index (χ2n) is 6.92. The zero-order valence-electron chi connectivity index (χ0n) is 13.8. The molecule has 0 aliphatic carbocycles. The van der Waals surface area contributed by atoms with Crippen LogP contribution in [0.25, 0.3) is 0 Å². The molecule has 2 aliphatic rings. The predicted octanol–water partition coefficient (Wildman–Crippen LogP) is 3.54. The van der Waals surface area contributed by atoms with E-state index < -0.39 is 0 Å². The molecule has 0 radical (unpaired) electrons. The monoisotopic (exact) mass is 320 g/mol. The number of ketones is 1. The standard InChI is InChI=1S/C21H24N2O/c24-21(19-13-11-17(22-19)15-7-3-1-4-8-15)20-14-12-18(23-20)16-9-5-2-6-10-16/h1-10,17-20,22-23H,11-14H2. The Morgan fingerprint density at radius 3 is 1.50 bits per heavy atom. The van der Waals surface area contributed by atoms with Crippen LogP contribution < -0.4 is 10.6 Å². The zero-order valence-corrected chi connectivity index (χ0v) is 13.8. The molecule has 124 valence electrons. The highest BCUT2D eigenvalue weighted by Crippen LogP contribution is 2.31. The summed E-state index contributed by atoms with van der Waals surface area (Å²) in [5.41, 5.74) is 2.57. The number of nitrogens with one attached hydrogen (secondary N) is 2. The second-order valence-corrected chi connectivity index (χ2v) is 6.92. The van der Waals surface area contributed by atoms with E-state index in [1.54, 1.807) is 0 Å². The van der Waals surface area contributed by atoms with Gasteiger partial charge in [-0.3, -0.25) is 4.79 Å². The van der Waals surface area contributed by atoms with Crippen LogP contribution in [-0.4, -0.2) is 17.9 Å². The third kappa shape index (κ3) is 3.14. The van der Waals surface area contributed by atoms with Gasteiger partial charge in [0, 0.05) is 12.1 Å². The lowest BCUT2D eigenvalue weighted by Crippen LogP contribution is -2.43. The van der Waals surface area contributed by atoms with Gasteiger partial charge in [-0.15, -0.1) is 0 Å². The summed E-state index contributed by atoms with van der Waals surface area (Å²) in [7, 11) is 0. The van der Waals surface area contributed by atoms with Crippen LogP contribution in [0.5, 0.6) is 0 Å². The number of hydrogen-bond donors (Lipinski definition) is 2. The van der Waals surface area contributed by atoms with Crippen LogP contribution in [0, 0.1) is 0 Å². The highest BCUT2D eigenvalue weighted by Gasteiger charge is 2.37. The first kappa shape index (κ1) is 15.6. The van der Waals surface area contributed by atoms with Crippen molar-refractivity contribution in [1.82, 2.24) is 10.6 Å². The lowest BCUT2D eigenvalue weighted by molar-refractivity contribution is -0.122. The number of carbonyl (C=O) groups is 1. The number of Topliss-reactive ketones (excluding diaryl/α,β-unsaturated/α-hetero) is 1. The van der Waals surface area contributed by atoms with Gasteiger partial charge in [0.15, 0.2) is 5.78 Å². The van der Waals surface area contributed by atoms with Crippen molar-refractivity contribution in [3.05, 3.63) is 71.8 Å². The van der Waals surface area contributed by atoms with Crippen LogP contribution in [0.4, 0.5) is 0 Å². The normalized spacial score (nSPS) is 29.7. The van der Waals surface area contributed by atoms with E-state index in [4.69, 9.17) is 0 Å². The van der Waals surface area contributed by atoms with Crippen molar-refractivity contribution in [2.45, 2.75) is 49.9 Å². The van der Waals surface area contributed by atoms with Crippen molar-refractivity contribution in [3.8, 4) is 0 Å². The van der Waals surface area contributed by atoms with Gasteiger partial charge >= 0.3 is 0 Å². The Morgan fingerprint density at radius 2 is 1.08 bits per heavy atom. The third-order valence-electron chi connectivity index (χ3n) is 5.38. The third-order valence-corrected chi connectivity index (χ3v) is 5.38. The fourth-order valence-electron chi connectivity index (χ4n) is 4.07. The van der Waals surface area contributed by atoms with Gasteiger partial charge in [-0.25, -0.2) is 0 Å². The molecular formula is C21H24N2O. The van der Waals surface area contributed by atoms with Crippen LogP contribution in [0.1, 0.15) is 48.9 Å². The Kier molecular flexibility index (Phi) is 4.46. The van der Waals surface area contributed by atoms with Crippen LogP contribution in [0.3, 0.4) is 0 Å². The number of rotatable bonds is 4. The Morgan fingerprint density at radius 1 is 0.667 bits per heavy atom. The molecule has 0 saturated carbocycles. The van der Waals surface area contributed by atoms with Crippen molar-refractivity contribution < 1.29 is 4.79 Å². The highest BCUT2D eigenvalue weighted by molar-refractivity contribution is 5.89. The smallest absolute Gasteiger partial charge is 0.166 e. The fourth-order valence-corrected chi connectivity index (χ4v) is 4.07. The molecule has 0 amide bonds. The number of hydrogen-bond acceptors (Lipinski definition) is 3. The largest absolute Gasteiger partial charge is 0.300 e. The SMILES string of the molecule is O=C(C1CCC(c2ccccc2)N1)C1CCC(c2ccccc2)N1. The van der Waals surface area contributed by atoms with Gasteiger partial charge in [0.25, 0.3) is 0 Å². The molecule has 2 saturated heterocycles. The van der Waals surface area contributed by atoms with E-state index in [-0.39, 0.29) is 12.1 Å². The van der Waals surface area contributed by atoms with Gasteiger partial charge in [0.1, 0.15) is 0 Å². The Balaban J connectivity index is 1.37. The van der Waals surface area contributed by atoms with Gasteiger partial charge in [-0.2, -0.15) is 0 Å². The van der Waals surface area contributed by atoms with Gasteiger partial charge < -0.3 is 10.6 Å². The maximum Gasteiger partial charge on any atom is 0.166 e. The summed E-state index contributed by atoms with van der Waals surface area (Å²) < 4.78 is 0. The molecule has 3 nitrogen and oxygen atoms in total. The summed E-state index contributed by atoms with van der Waals surface area (Å²) >= 11 is 0. The fraction of sp³-hybridized carbons (Fsp3) is 0.381. The maximum atomic E-state index is 12.9. The molecule has 2 aromatic carbocycles. The van der Waals surface area contributed by atoms with Crippen LogP contribution >= 0.6 is 0 Å². The van der Waals surface area contributed by atoms with Crippen LogP contribution in [0.15, 0.2) is 60.7 Å². The lowest BCUT2D eigenvalue weighted by Gasteiger charge is -2.19. The zero-order chi connectivity index (χ0) is 16.4. The molecule has 0 bridgehead atoms. The summed E-state index contributed by atoms with van der Waals surface area (Å²) in [6, 6.07) is 21.5. The molecule has 2 aliphatic heterocycles. The minimum atomic E-state index is -0.0118. The average Bonchev–Trinajstić information content (AvgIpc) is 3.33. The van der Waals surface area contributed by atoms with Crippen LogP contribution in [-0.2, 0) is 4.79 Å². The van der Waals surface area contributed by atoms with Crippen molar-refractivity contribution in [3.63, 3.8) is 0 Å². The second kappa shape index (κ2) is 6.88. The van der Waals surface area contributed by atoms with Crippen molar-refractivity contribution in [2.24, 2.45) is 0 Å². The summed E-state index contributed by atoms with van der Waals surface area (Å²) in [6.45, 7) is 0. The molecule has 4 unspecified atom stereocenters. The van der Waals surface area contributed by atoms with E-state index >= 15 is 0 Å². The first-order valence-corrected chi connectivity index (χ1v) is 8.97. The van der Waals surface area contributed by atoms with E-state index in [0.717, 1.165) is 25.7 Å². The van der Waals surface area contributed by atoms with E-state index in [9.17, 15) is 4.79 Å². The highest BCUT2D eigenvalue weighted by atomic mass is 16.1. The summed E-state index contributed by atoms with van der Waals surface area (Å²) in [4.78, 5) is 12.9. The minimum absolute atomic E-state index is 0.0118. The predicted molar refractivity (Wildman–Crippen MR) is 95.7 cm³/mol. The molecule has 2 aromatic rings. The van der Waals surface area contributed by atoms with Crippen molar-refractivity contribution >= 4 is 5.78 Å². The molecule has 0 spiro atoms. The molecule has 2 heterocycles. The van der Waals surface area contributed by atoms with E-state index in [1.807, 2.05) is 12.1 Å². The van der Waals surface area contributed by atoms with Gasteiger partial charge in [0.05, 0.1) is 12.1 Å². The summed E-state index contributed by atoms with van der Waals surface area (Å²) in [6.07, 6.45) is 3.95. The van der Waals surface area contributed by atoms with E-state index in [0.29, 0.717) is 17.9 Å². The van der Waals surface area contributed by atoms with Crippen LogP contribution in [0.2, 0.25) is 0 Å². The molecular weight excluding hydrogens is 296 g/mol. The Labute approximate surface area is 143 Å². The molecule has 2 fully saturated rings. The molecule has 3 heteroatoms. The molecule has 4 atom stereocenters.